The number of methoxy groups -OCH3 is 1. The molecule has 0 spiro atoms. The Balaban J connectivity index is 0.00000210. The minimum atomic E-state index is 0. The Bertz CT molecular complexity index is 753. The van der Waals surface area contributed by atoms with Gasteiger partial charge in [-0.2, -0.15) is 0 Å². The molecule has 0 saturated heterocycles. The summed E-state index contributed by atoms with van der Waals surface area (Å²) in [5, 5.41) is 3.78. The number of benzene rings is 1. The number of hydrogen-bond donors (Lipinski definition) is 1. The molecule has 3 rings (SSSR count). The fraction of sp³-hybridized carbons (Fsp3) is 0.500. The maximum atomic E-state index is 5.62. The van der Waals surface area contributed by atoms with Crippen molar-refractivity contribution in [2.45, 2.75) is 48.7 Å². The van der Waals surface area contributed by atoms with Crippen LogP contribution in [0.5, 0.6) is 5.75 Å². The summed E-state index contributed by atoms with van der Waals surface area (Å²) in [6, 6.07) is 11.3. The van der Waals surface area contributed by atoms with Crippen LogP contribution in [0.4, 0.5) is 5.82 Å². The van der Waals surface area contributed by atoms with E-state index in [2.05, 4.69) is 46.3 Å². The Morgan fingerprint density at radius 1 is 1.07 bits per heavy atom. The molecule has 29 heavy (non-hydrogen) atoms. The normalized spacial score (nSPS) is 18.8. The number of ether oxygens (including phenoxy) is 1. The third-order valence-electron chi connectivity index (χ3n) is 5.53. The average molecular weight is 502 g/mol. The summed E-state index contributed by atoms with van der Waals surface area (Å²) in [5.74, 6) is 1.93. The van der Waals surface area contributed by atoms with Crippen molar-refractivity contribution in [2.75, 3.05) is 26.1 Å². The average Bonchev–Trinajstić information content (AvgIpc) is 2.72. The van der Waals surface area contributed by atoms with Gasteiger partial charge in [0.2, 0.25) is 0 Å². The van der Waals surface area contributed by atoms with E-state index in [-0.39, 0.29) is 40.6 Å². The fourth-order valence-electron chi connectivity index (χ4n) is 3.78. The number of rotatable bonds is 7. The fourth-order valence-corrected chi connectivity index (χ4v) is 5.69. The Morgan fingerprint density at radius 2 is 1.76 bits per heavy atom. The molecular weight excluding hydrogens is 468 g/mol. The van der Waals surface area contributed by atoms with E-state index in [1.165, 1.54) is 42.4 Å². The van der Waals surface area contributed by atoms with Crippen LogP contribution in [0.3, 0.4) is 0 Å². The van der Waals surface area contributed by atoms with Crippen molar-refractivity contribution in [2.24, 2.45) is 0 Å². The van der Waals surface area contributed by atoms with Crippen molar-refractivity contribution in [1.82, 2.24) is 10.3 Å². The molecule has 1 fully saturated rings. The molecule has 1 atom stereocenters. The van der Waals surface area contributed by atoms with Crippen LogP contribution in [0.2, 0.25) is 10.4 Å². The van der Waals surface area contributed by atoms with Gasteiger partial charge < -0.3 is 4.90 Å². The number of aromatic nitrogens is 1. The van der Waals surface area contributed by atoms with Gasteiger partial charge in [0.1, 0.15) is 0 Å². The van der Waals surface area contributed by atoms with E-state index in [1.807, 2.05) is 25.2 Å². The van der Waals surface area contributed by atoms with Crippen LogP contribution in [0.1, 0.15) is 31.2 Å². The molecule has 0 bridgehead atoms. The Hall–Kier alpha value is -0.932. The predicted molar refractivity (Wildman–Crippen MR) is 131 cm³/mol. The van der Waals surface area contributed by atoms with Crippen LogP contribution in [0, 0.1) is 0 Å². The number of pyridine rings is 1. The van der Waals surface area contributed by atoms with Gasteiger partial charge >= 0.3 is 146 Å². The van der Waals surface area contributed by atoms with Gasteiger partial charge in [-0.25, -0.2) is 4.98 Å². The minimum absolute atomic E-state index is 0. The second kappa shape index (κ2) is 12.7. The first kappa shape index (κ1) is 26.1. The van der Waals surface area contributed by atoms with Gasteiger partial charge in [0.05, 0.1) is 0 Å². The van der Waals surface area contributed by atoms with Crippen LogP contribution >= 0.6 is 24.8 Å². The first-order chi connectivity index (χ1) is 13.1. The third-order valence-corrected chi connectivity index (χ3v) is 8.46. The maximum Gasteiger partial charge on any atom is -0.147 e. The number of nitrogens with zero attached hydrogens (tertiary/aromatic N) is 2. The predicted octanol–water partition coefficient (Wildman–Crippen LogP) is 4.97. The Labute approximate surface area is 194 Å². The van der Waals surface area contributed by atoms with Crippen molar-refractivity contribution < 1.29 is 4.74 Å². The molecule has 1 aromatic carbocycles. The Morgan fingerprint density at radius 3 is 2.38 bits per heavy atom. The molecular formula is C22H34AsCl2N3O. The van der Waals surface area contributed by atoms with Gasteiger partial charge in [-0.3, -0.25) is 0 Å². The summed E-state index contributed by atoms with van der Waals surface area (Å²) in [4.78, 5) is 6.46. The molecule has 1 unspecified atom stereocenters. The number of hydrogen-bond acceptors (Lipinski definition) is 4. The molecule has 1 heterocycles. The summed E-state index contributed by atoms with van der Waals surface area (Å²) in [6.45, 7) is 0.861. The molecule has 1 aliphatic carbocycles. The number of anilines is 1. The van der Waals surface area contributed by atoms with Crippen molar-refractivity contribution in [1.29, 1.82) is 0 Å². The summed E-state index contributed by atoms with van der Waals surface area (Å²) in [6.07, 6.45) is 7.34. The van der Waals surface area contributed by atoms with Crippen LogP contribution in [-0.2, 0) is 6.54 Å². The quantitative estimate of drug-likeness (QED) is 0.543. The van der Waals surface area contributed by atoms with E-state index < -0.39 is 0 Å². The van der Waals surface area contributed by atoms with Crippen LogP contribution in [0.15, 0.2) is 36.5 Å². The third kappa shape index (κ3) is 7.07. The minimum Gasteiger partial charge on any atom is -0.147 e. The van der Waals surface area contributed by atoms with Gasteiger partial charge in [-0.05, 0) is 0 Å². The van der Waals surface area contributed by atoms with Crippen LogP contribution in [0.25, 0.3) is 11.1 Å². The van der Waals surface area contributed by atoms with Crippen molar-refractivity contribution >= 4 is 46.4 Å². The van der Waals surface area contributed by atoms with Gasteiger partial charge in [-0.1, -0.05) is 0 Å². The summed E-state index contributed by atoms with van der Waals surface area (Å²) < 4.78 is 6.67. The smallest absolute Gasteiger partial charge is 0.147 e. The summed E-state index contributed by atoms with van der Waals surface area (Å²) in [5.41, 5.74) is 6.06. The zero-order valence-electron chi connectivity index (χ0n) is 17.8. The van der Waals surface area contributed by atoms with Crippen molar-refractivity contribution in [3.63, 3.8) is 0 Å². The van der Waals surface area contributed by atoms with Gasteiger partial charge in [0.15, 0.2) is 0 Å². The van der Waals surface area contributed by atoms with Gasteiger partial charge in [0.25, 0.3) is 0 Å². The maximum absolute atomic E-state index is 5.62. The van der Waals surface area contributed by atoms with E-state index >= 15 is 0 Å². The Kier molecular flexibility index (Phi) is 11.4. The molecule has 1 saturated carbocycles. The first-order valence-electron chi connectivity index (χ1n) is 9.82. The van der Waals surface area contributed by atoms with Crippen LogP contribution < -0.4 is 15.0 Å². The largest absolute Gasteiger partial charge is 0.147 e. The van der Waals surface area contributed by atoms with Gasteiger partial charge in [0, 0.05) is 14.1 Å². The second-order valence-electron chi connectivity index (χ2n) is 7.54. The van der Waals surface area contributed by atoms with E-state index in [0.717, 1.165) is 22.8 Å². The van der Waals surface area contributed by atoms with E-state index in [1.54, 1.807) is 7.11 Å². The monoisotopic (exact) mass is 501 g/mol. The molecule has 1 aromatic heterocycles. The topological polar surface area (TPSA) is 37.4 Å². The SMILES string of the molecule is COc1ccc(-c2ccnc(N(C)C)c2)cc1CNC1CCC([AsH]C)CC1.Cl.Cl. The van der Waals surface area contributed by atoms with Gasteiger partial charge in [-0.15, -0.1) is 24.8 Å². The molecule has 0 radical (unpaired) electrons. The molecule has 0 aliphatic heterocycles. The van der Waals surface area contributed by atoms with Crippen molar-refractivity contribution in [3.05, 3.63) is 42.1 Å². The van der Waals surface area contributed by atoms with E-state index in [0.29, 0.717) is 6.04 Å². The summed E-state index contributed by atoms with van der Waals surface area (Å²) in [7, 11) is 5.79. The standard InChI is InChI=1S/C22H32AsN3O.2ClH/c1-23-19-6-8-20(9-7-19)25-15-18-13-16(5-10-21(18)27-4)17-11-12-24-22(14-17)26(2)3;;/h5,10-14,19-20,23,25H,6-9,15H2,1-4H3;2*1H. The number of nitrogens with one attached hydrogen (secondary N) is 1. The van der Waals surface area contributed by atoms with Crippen molar-refractivity contribution in [3.8, 4) is 16.9 Å². The zero-order chi connectivity index (χ0) is 19.2. The second-order valence-corrected chi connectivity index (χ2v) is 10.5. The molecule has 2 aromatic rings. The van der Waals surface area contributed by atoms with Crippen LogP contribution in [-0.4, -0.2) is 48.0 Å². The number of halogens is 2. The molecule has 1 aliphatic rings. The molecule has 1 N–H and O–H groups in total. The summed E-state index contributed by atoms with van der Waals surface area (Å²) >= 11 is 0.285. The molecule has 162 valence electrons. The molecule has 4 nitrogen and oxygen atoms in total. The molecule has 0 amide bonds. The first-order valence-corrected chi connectivity index (χ1v) is 13.1. The van der Waals surface area contributed by atoms with E-state index in [4.69, 9.17) is 4.74 Å². The molecule has 7 heteroatoms. The van der Waals surface area contributed by atoms with E-state index in [9.17, 15) is 0 Å². The zero-order valence-corrected chi connectivity index (χ0v) is 21.5.